The van der Waals surface area contributed by atoms with E-state index < -0.39 is 0 Å². The fourth-order valence-corrected chi connectivity index (χ4v) is 1.57. The average molecular weight is 189 g/mol. The first-order valence-electron chi connectivity index (χ1n) is 4.67. The Hall–Kier alpha value is -1.57. The van der Waals surface area contributed by atoms with Crippen molar-refractivity contribution in [3.63, 3.8) is 0 Å². The van der Waals surface area contributed by atoms with Gasteiger partial charge in [-0.2, -0.15) is 0 Å². The molecule has 0 atom stereocenters. The van der Waals surface area contributed by atoms with Crippen LogP contribution < -0.4 is 0 Å². The SMILES string of the molecule is C=CC1=C(/C=C\C)C(=C)N(CC)C1=O. The van der Waals surface area contributed by atoms with Crippen LogP contribution in [-0.4, -0.2) is 17.4 Å². The number of amides is 1. The molecule has 0 bridgehead atoms. The normalized spacial score (nSPS) is 17.4. The molecule has 1 amide bonds. The molecule has 0 aromatic rings. The Balaban J connectivity index is 3.20. The summed E-state index contributed by atoms with van der Waals surface area (Å²) < 4.78 is 0. The van der Waals surface area contributed by atoms with E-state index in [0.717, 1.165) is 11.3 Å². The Labute approximate surface area is 84.9 Å². The molecular formula is C12H15NO. The molecule has 0 saturated heterocycles. The second-order valence-corrected chi connectivity index (χ2v) is 3.03. The van der Waals surface area contributed by atoms with Gasteiger partial charge in [-0.15, -0.1) is 0 Å². The van der Waals surface area contributed by atoms with Gasteiger partial charge < -0.3 is 4.90 Å². The largest absolute Gasteiger partial charge is 0.309 e. The third kappa shape index (κ3) is 1.43. The van der Waals surface area contributed by atoms with E-state index in [4.69, 9.17) is 0 Å². The van der Waals surface area contributed by atoms with Crippen LogP contribution in [0.1, 0.15) is 13.8 Å². The number of carbonyl (C=O) groups is 1. The lowest BCUT2D eigenvalue weighted by Gasteiger charge is -2.15. The van der Waals surface area contributed by atoms with Crippen LogP contribution in [-0.2, 0) is 4.79 Å². The lowest BCUT2D eigenvalue weighted by atomic mass is 10.1. The smallest absolute Gasteiger partial charge is 0.258 e. The zero-order valence-electron chi connectivity index (χ0n) is 8.71. The molecule has 1 heterocycles. The topological polar surface area (TPSA) is 20.3 Å². The van der Waals surface area contributed by atoms with Crippen molar-refractivity contribution in [2.24, 2.45) is 0 Å². The second kappa shape index (κ2) is 4.09. The summed E-state index contributed by atoms with van der Waals surface area (Å²) in [7, 11) is 0. The average Bonchev–Trinajstić information content (AvgIpc) is 2.39. The molecule has 2 nitrogen and oxygen atoms in total. The van der Waals surface area contributed by atoms with E-state index in [-0.39, 0.29) is 5.91 Å². The highest BCUT2D eigenvalue weighted by Gasteiger charge is 2.29. The van der Waals surface area contributed by atoms with Crippen molar-refractivity contribution in [3.8, 4) is 0 Å². The van der Waals surface area contributed by atoms with Crippen molar-refractivity contribution in [2.45, 2.75) is 13.8 Å². The summed E-state index contributed by atoms with van der Waals surface area (Å²) in [5.74, 6) is 0.000556. The highest BCUT2D eigenvalue weighted by Crippen LogP contribution is 2.29. The first-order chi connectivity index (χ1) is 6.67. The summed E-state index contributed by atoms with van der Waals surface area (Å²) in [6, 6.07) is 0. The predicted octanol–water partition coefficient (Wildman–Crippen LogP) is 2.42. The molecule has 0 aliphatic carbocycles. The van der Waals surface area contributed by atoms with Gasteiger partial charge in [-0.25, -0.2) is 0 Å². The molecule has 1 aliphatic rings. The van der Waals surface area contributed by atoms with Crippen molar-refractivity contribution >= 4 is 5.91 Å². The van der Waals surface area contributed by atoms with Crippen LogP contribution in [0.3, 0.4) is 0 Å². The quantitative estimate of drug-likeness (QED) is 0.667. The molecule has 1 aliphatic heterocycles. The lowest BCUT2D eigenvalue weighted by molar-refractivity contribution is -0.123. The van der Waals surface area contributed by atoms with Crippen LogP contribution in [0.15, 0.2) is 48.2 Å². The maximum atomic E-state index is 11.8. The summed E-state index contributed by atoms with van der Waals surface area (Å²) in [5.41, 5.74) is 2.30. The highest BCUT2D eigenvalue weighted by molar-refractivity contribution is 6.03. The fourth-order valence-electron chi connectivity index (χ4n) is 1.57. The van der Waals surface area contributed by atoms with Gasteiger partial charge in [0.1, 0.15) is 0 Å². The van der Waals surface area contributed by atoms with Crippen LogP contribution in [0.25, 0.3) is 0 Å². The zero-order valence-corrected chi connectivity index (χ0v) is 8.71. The number of allylic oxidation sites excluding steroid dienone is 2. The van der Waals surface area contributed by atoms with E-state index in [1.54, 1.807) is 11.0 Å². The maximum Gasteiger partial charge on any atom is 0.258 e. The Bertz CT molecular complexity index is 347. The Morgan fingerprint density at radius 1 is 1.43 bits per heavy atom. The molecule has 0 spiro atoms. The Kier molecular flexibility index (Phi) is 3.07. The molecule has 0 aromatic carbocycles. The molecule has 14 heavy (non-hydrogen) atoms. The number of hydrogen-bond donors (Lipinski definition) is 0. The number of rotatable bonds is 3. The Morgan fingerprint density at radius 3 is 2.50 bits per heavy atom. The van der Waals surface area contributed by atoms with E-state index in [0.29, 0.717) is 12.1 Å². The monoisotopic (exact) mass is 189 g/mol. The molecule has 0 radical (unpaired) electrons. The summed E-state index contributed by atoms with van der Waals surface area (Å²) in [6.45, 7) is 12.1. The van der Waals surface area contributed by atoms with Crippen LogP contribution in [0, 0.1) is 0 Å². The van der Waals surface area contributed by atoms with Crippen LogP contribution in [0.4, 0.5) is 0 Å². The molecule has 1 rings (SSSR count). The standard InChI is InChI=1S/C12H15NO/c1-5-8-11-9(4)13(7-3)12(14)10(11)6-2/h5-6,8H,2,4,7H2,1,3H3/b8-5-. The van der Waals surface area contributed by atoms with Gasteiger partial charge >= 0.3 is 0 Å². The van der Waals surface area contributed by atoms with Gasteiger partial charge in [0, 0.05) is 23.4 Å². The van der Waals surface area contributed by atoms with Crippen molar-refractivity contribution in [1.82, 2.24) is 4.90 Å². The number of nitrogens with zero attached hydrogens (tertiary/aromatic N) is 1. The summed E-state index contributed by atoms with van der Waals surface area (Å²) in [6.07, 6.45) is 5.39. The molecule has 2 heteroatoms. The minimum atomic E-state index is 0.000556. The van der Waals surface area contributed by atoms with Crippen LogP contribution in [0.2, 0.25) is 0 Å². The van der Waals surface area contributed by atoms with Gasteiger partial charge in [-0.3, -0.25) is 4.79 Å². The lowest BCUT2D eigenvalue weighted by Crippen LogP contribution is -2.24. The number of hydrogen-bond acceptors (Lipinski definition) is 1. The van der Waals surface area contributed by atoms with Gasteiger partial charge in [0.15, 0.2) is 0 Å². The zero-order chi connectivity index (χ0) is 10.7. The van der Waals surface area contributed by atoms with Crippen LogP contribution in [0.5, 0.6) is 0 Å². The minimum absolute atomic E-state index is 0.000556. The molecule has 74 valence electrons. The summed E-state index contributed by atoms with van der Waals surface area (Å²) >= 11 is 0. The first-order valence-corrected chi connectivity index (χ1v) is 4.67. The van der Waals surface area contributed by atoms with E-state index in [1.807, 2.05) is 26.0 Å². The molecule has 0 saturated carbocycles. The van der Waals surface area contributed by atoms with Gasteiger partial charge in [0.05, 0.1) is 0 Å². The van der Waals surface area contributed by atoms with Gasteiger partial charge in [0.2, 0.25) is 0 Å². The van der Waals surface area contributed by atoms with Crippen molar-refractivity contribution < 1.29 is 4.79 Å². The third-order valence-electron chi connectivity index (χ3n) is 2.26. The van der Waals surface area contributed by atoms with Crippen molar-refractivity contribution in [3.05, 3.63) is 48.2 Å². The minimum Gasteiger partial charge on any atom is -0.309 e. The molecule has 0 aromatic heterocycles. The van der Waals surface area contributed by atoms with E-state index in [9.17, 15) is 4.79 Å². The predicted molar refractivity (Wildman–Crippen MR) is 58.6 cm³/mol. The highest BCUT2D eigenvalue weighted by atomic mass is 16.2. The van der Waals surface area contributed by atoms with E-state index in [1.165, 1.54) is 0 Å². The van der Waals surface area contributed by atoms with Gasteiger partial charge in [0.25, 0.3) is 5.91 Å². The van der Waals surface area contributed by atoms with Crippen molar-refractivity contribution in [2.75, 3.05) is 6.54 Å². The molecular weight excluding hydrogens is 174 g/mol. The molecule has 0 N–H and O–H groups in total. The second-order valence-electron chi connectivity index (χ2n) is 3.03. The summed E-state index contributed by atoms with van der Waals surface area (Å²) in [4.78, 5) is 13.4. The molecule has 0 unspecified atom stereocenters. The van der Waals surface area contributed by atoms with Gasteiger partial charge in [-0.05, 0) is 13.8 Å². The Morgan fingerprint density at radius 2 is 2.07 bits per heavy atom. The van der Waals surface area contributed by atoms with E-state index in [2.05, 4.69) is 13.2 Å². The third-order valence-corrected chi connectivity index (χ3v) is 2.26. The summed E-state index contributed by atoms with van der Waals surface area (Å²) in [5, 5.41) is 0. The van der Waals surface area contributed by atoms with Crippen LogP contribution >= 0.6 is 0 Å². The first kappa shape index (κ1) is 10.5. The maximum absolute atomic E-state index is 11.8. The molecule has 0 fully saturated rings. The fraction of sp³-hybridized carbons (Fsp3) is 0.250. The van der Waals surface area contributed by atoms with E-state index >= 15 is 0 Å². The van der Waals surface area contributed by atoms with Gasteiger partial charge in [-0.1, -0.05) is 31.4 Å². The van der Waals surface area contributed by atoms with Crippen molar-refractivity contribution in [1.29, 1.82) is 0 Å². The number of carbonyl (C=O) groups excluding carboxylic acids is 1. The number of likely N-dealkylation sites (N-methyl/N-ethyl adjacent to an activating group) is 1.